The van der Waals surface area contributed by atoms with E-state index in [1.807, 2.05) is 0 Å². The number of pyridine rings is 1. The summed E-state index contributed by atoms with van der Waals surface area (Å²) in [5.41, 5.74) is 1.19. The highest BCUT2D eigenvalue weighted by atomic mass is 16.5. The van der Waals surface area contributed by atoms with E-state index < -0.39 is 5.97 Å². The van der Waals surface area contributed by atoms with Gasteiger partial charge in [-0.25, -0.2) is 9.78 Å². The van der Waals surface area contributed by atoms with Gasteiger partial charge >= 0.3 is 5.97 Å². The molecule has 3 aromatic rings. The van der Waals surface area contributed by atoms with E-state index in [1.54, 1.807) is 49.4 Å². The Balaban J connectivity index is 1.74. The van der Waals surface area contributed by atoms with Crippen LogP contribution >= 0.6 is 0 Å². The molecule has 1 aromatic carbocycles. The van der Waals surface area contributed by atoms with Crippen LogP contribution in [0.4, 0.5) is 0 Å². The van der Waals surface area contributed by atoms with Crippen LogP contribution in [0, 0.1) is 0 Å². The van der Waals surface area contributed by atoms with E-state index in [1.165, 1.54) is 12.3 Å². The van der Waals surface area contributed by atoms with Gasteiger partial charge in [-0.2, -0.15) is 0 Å². The second kappa shape index (κ2) is 7.44. The first-order valence-corrected chi connectivity index (χ1v) is 7.66. The maximum absolute atomic E-state index is 11.7. The Morgan fingerprint density at radius 3 is 2.64 bits per heavy atom. The third kappa shape index (κ3) is 3.92. The Morgan fingerprint density at radius 2 is 1.96 bits per heavy atom. The highest BCUT2D eigenvalue weighted by Gasteiger charge is 2.09. The first-order valence-electron chi connectivity index (χ1n) is 7.66. The summed E-state index contributed by atoms with van der Waals surface area (Å²) in [5, 5.41) is 0. The molecule has 2 aromatic heterocycles. The van der Waals surface area contributed by atoms with Crippen molar-refractivity contribution in [1.29, 1.82) is 0 Å². The van der Waals surface area contributed by atoms with Crippen molar-refractivity contribution in [2.24, 2.45) is 0 Å². The van der Waals surface area contributed by atoms with E-state index in [0.29, 0.717) is 35.8 Å². The van der Waals surface area contributed by atoms with E-state index in [-0.39, 0.29) is 5.76 Å². The van der Waals surface area contributed by atoms with Crippen LogP contribution in [0.3, 0.4) is 0 Å². The number of carbonyl (C=O) groups excluding carboxylic acids is 2. The summed E-state index contributed by atoms with van der Waals surface area (Å²) < 4.78 is 16.0. The van der Waals surface area contributed by atoms with Gasteiger partial charge < -0.3 is 13.9 Å². The van der Waals surface area contributed by atoms with Crippen molar-refractivity contribution >= 4 is 12.3 Å². The molecule has 0 saturated heterocycles. The quantitative estimate of drug-likeness (QED) is 0.497. The molecule has 0 saturated carbocycles. The lowest BCUT2D eigenvalue weighted by Crippen LogP contribution is -2.04. The van der Waals surface area contributed by atoms with Gasteiger partial charge in [-0.1, -0.05) is 0 Å². The number of hydrogen-bond donors (Lipinski definition) is 0. The molecule has 0 N–H and O–H groups in total. The van der Waals surface area contributed by atoms with Gasteiger partial charge in [-0.15, -0.1) is 0 Å². The summed E-state index contributed by atoms with van der Waals surface area (Å²) in [7, 11) is 0. The van der Waals surface area contributed by atoms with E-state index in [4.69, 9.17) is 13.9 Å². The Bertz CT molecular complexity index is 883. The molecule has 0 spiro atoms. The summed E-state index contributed by atoms with van der Waals surface area (Å²) >= 11 is 0. The fourth-order valence-electron chi connectivity index (χ4n) is 2.19. The predicted octanol–water partition coefficient (Wildman–Crippen LogP) is 4.12. The van der Waals surface area contributed by atoms with E-state index in [9.17, 15) is 9.59 Å². The molecule has 0 amide bonds. The van der Waals surface area contributed by atoms with Gasteiger partial charge in [0.15, 0.2) is 12.0 Å². The molecule has 0 atom stereocenters. The topological polar surface area (TPSA) is 78.6 Å². The number of rotatable bonds is 6. The second-order valence-electron chi connectivity index (χ2n) is 5.05. The summed E-state index contributed by atoms with van der Waals surface area (Å²) in [6.07, 6.45) is 2.14. The number of hydrogen-bond acceptors (Lipinski definition) is 6. The first kappa shape index (κ1) is 16.4. The fourth-order valence-corrected chi connectivity index (χ4v) is 2.19. The van der Waals surface area contributed by atoms with Crippen LogP contribution in [-0.4, -0.2) is 23.8 Å². The second-order valence-corrected chi connectivity index (χ2v) is 5.05. The van der Waals surface area contributed by atoms with Crippen LogP contribution in [0.25, 0.3) is 11.3 Å². The Hall–Kier alpha value is -3.41. The lowest BCUT2D eigenvalue weighted by Gasteiger charge is -2.07. The van der Waals surface area contributed by atoms with Crippen molar-refractivity contribution in [3.63, 3.8) is 0 Å². The zero-order chi connectivity index (χ0) is 17.6. The molecular formula is C19H15NO5. The van der Waals surface area contributed by atoms with Gasteiger partial charge in [0.25, 0.3) is 0 Å². The van der Waals surface area contributed by atoms with Crippen molar-refractivity contribution in [3.05, 3.63) is 66.1 Å². The van der Waals surface area contributed by atoms with Crippen molar-refractivity contribution < 1.29 is 23.5 Å². The molecule has 25 heavy (non-hydrogen) atoms. The Kier molecular flexibility index (Phi) is 4.89. The van der Waals surface area contributed by atoms with Gasteiger partial charge in [-0.3, -0.25) is 4.79 Å². The van der Waals surface area contributed by atoms with Gasteiger partial charge in [0.05, 0.1) is 12.2 Å². The minimum Gasteiger partial charge on any atom is -0.462 e. The minimum atomic E-state index is -0.422. The summed E-state index contributed by atoms with van der Waals surface area (Å²) in [6.45, 7) is 2.05. The molecular weight excluding hydrogens is 322 g/mol. The summed E-state index contributed by atoms with van der Waals surface area (Å²) in [4.78, 5) is 26.5. The Morgan fingerprint density at radius 1 is 1.16 bits per heavy atom. The van der Waals surface area contributed by atoms with E-state index in [2.05, 4.69) is 4.98 Å². The van der Waals surface area contributed by atoms with Gasteiger partial charge in [0.1, 0.15) is 11.5 Å². The van der Waals surface area contributed by atoms with Crippen LogP contribution in [-0.2, 0) is 4.74 Å². The van der Waals surface area contributed by atoms with Crippen LogP contribution in [0.5, 0.6) is 11.6 Å². The van der Waals surface area contributed by atoms with Crippen molar-refractivity contribution in [3.8, 4) is 23.0 Å². The Labute approximate surface area is 144 Å². The standard InChI is InChI=1S/C19H15NO5/c1-2-23-19(22)14-9-10-20-18(11-14)25-15-5-3-13(4-6-15)17-8-7-16(12-21)24-17/h3-12H,2H2,1H3. The zero-order valence-corrected chi connectivity index (χ0v) is 13.5. The molecule has 3 rings (SSSR count). The molecule has 6 nitrogen and oxygen atoms in total. The molecule has 2 heterocycles. The SMILES string of the molecule is CCOC(=O)c1ccnc(Oc2ccc(-c3ccc(C=O)o3)cc2)c1. The average molecular weight is 337 g/mol. The molecule has 0 radical (unpaired) electrons. The summed E-state index contributed by atoms with van der Waals surface area (Å²) in [6, 6.07) is 13.5. The van der Waals surface area contributed by atoms with E-state index >= 15 is 0 Å². The lowest BCUT2D eigenvalue weighted by molar-refractivity contribution is 0.0525. The largest absolute Gasteiger partial charge is 0.462 e. The van der Waals surface area contributed by atoms with Gasteiger partial charge in [-0.05, 0) is 49.4 Å². The maximum atomic E-state index is 11.7. The average Bonchev–Trinajstić information content (AvgIpc) is 3.12. The molecule has 0 aliphatic carbocycles. The van der Waals surface area contributed by atoms with Crippen LogP contribution in [0.15, 0.2) is 59.1 Å². The number of aromatic nitrogens is 1. The zero-order valence-electron chi connectivity index (χ0n) is 13.5. The smallest absolute Gasteiger partial charge is 0.338 e. The maximum Gasteiger partial charge on any atom is 0.338 e. The van der Waals surface area contributed by atoms with Crippen LogP contribution in [0.2, 0.25) is 0 Å². The van der Waals surface area contributed by atoms with Crippen LogP contribution < -0.4 is 4.74 Å². The van der Waals surface area contributed by atoms with Gasteiger partial charge in [0, 0.05) is 17.8 Å². The minimum absolute atomic E-state index is 0.273. The highest BCUT2D eigenvalue weighted by Crippen LogP contribution is 2.26. The number of carbonyl (C=O) groups is 2. The molecule has 6 heteroatoms. The third-order valence-electron chi connectivity index (χ3n) is 3.35. The first-order chi connectivity index (χ1) is 12.2. The summed E-state index contributed by atoms with van der Waals surface area (Å²) in [5.74, 6) is 1.29. The monoisotopic (exact) mass is 337 g/mol. The van der Waals surface area contributed by atoms with Gasteiger partial charge in [0.2, 0.25) is 5.88 Å². The number of aldehydes is 1. The van der Waals surface area contributed by atoms with Crippen LogP contribution in [0.1, 0.15) is 27.8 Å². The molecule has 0 unspecified atom stereocenters. The highest BCUT2D eigenvalue weighted by molar-refractivity contribution is 5.89. The number of nitrogens with zero attached hydrogens (tertiary/aromatic N) is 1. The fraction of sp³-hybridized carbons (Fsp3) is 0.105. The normalized spacial score (nSPS) is 10.3. The number of furan rings is 1. The molecule has 126 valence electrons. The van der Waals surface area contributed by atoms with Crippen molar-refractivity contribution in [2.45, 2.75) is 6.92 Å². The molecule has 0 bridgehead atoms. The van der Waals surface area contributed by atoms with Crippen molar-refractivity contribution in [2.75, 3.05) is 6.61 Å². The number of esters is 1. The molecule has 0 fully saturated rings. The number of benzene rings is 1. The third-order valence-corrected chi connectivity index (χ3v) is 3.35. The number of ether oxygens (including phenoxy) is 2. The lowest BCUT2D eigenvalue weighted by atomic mass is 10.2. The molecule has 0 aliphatic heterocycles. The van der Waals surface area contributed by atoms with Crippen molar-refractivity contribution in [1.82, 2.24) is 4.98 Å². The predicted molar refractivity (Wildman–Crippen MR) is 89.8 cm³/mol. The molecule has 0 aliphatic rings. The van der Waals surface area contributed by atoms with E-state index in [0.717, 1.165) is 5.56 Å².